The number of esters is 1. The number of carbonyl (C=O) groups is 2. The van der Waals surface area contributed by atoms with E-state index in [-0.39, 0.29) is 29.0 Å². The molecule has 0 spiro atoms. The van der Waals surface area contributed by atoms with E-state index in [1.54, 1.807) is 31.3 Å². The highest BCUT2D eigenvalue weighted by Crippen LogP contribution is 2.41. The van der Waals surface area contributed by atoms with Gasteiger partial charge in [-0.1, -0.05) is 29.8 Å². The molecule has 1 aromatic heterocycles. The van der Waals surface area contributed by atoms with Gasteiger partial charge in [-0.25, -0.2) is 9.78 Å². The molecule has 30 heavy (non-hydrogen) atoms. The van der Waals surface area contributed by atoms with Crippen molar-refractivity contribution in [2.45, 2.75) is 26.3 Å². The number of amides is 1. The maximum Gasteiger partial charge on any atom is 0.328 e. The van der Waals surface area contributed by atoms with Crippen molar-refractivity contribution in [1.29, 1.82) is 0 Å². The molecule has 8 nitrogen and oxygen atoms in total. The molecule has 156 valence electrons. The third-order valence-corrected chi connectivity index (χ3v) is 4.78. The summed E-state index contributed by atoms with van der Waals surface area (Å²) >= 11 is 0. The number of benzene rings is 2. The fraction of sp³-hybridized carbons (Fsp3) is 0.227. The molecule has 8 heteroatoms. The van der Waals surface area contributed by atoms with E-state index in [2.05, 4.69) is 15.3 Å². The van der Waals surface area contributed by atoms with Gasteiger partial charge in [0.15, 0.2) is 0 Å². The molecule has 3 rings (SSSR count). The highest BCUT2D eigenvalue weighted by Gasteiger charge is 2.27. The van der Waals surface area contributed by atoms with E-state index in [4.69, 9.17) is 4.74 Å². The van der Waals surface area contributed by atoms with Gasteiger partial charge in [-0.15, -0.1) is 0 Å². The molecule has 1 unspecified atom stereocenters. The number of ether oxygens (including phenoxy) is 1. The third kappa shape index (κ3) is 4.27. The number of nitrogens with one attached hydrogen (secondary N) is 2. The lowest BCUT2D eigenvalue weighted by atomic mass is 9.95. The summed E-state index contributed by atoms with van der Waals surface area (Å²) in [6.45, 7) is 3.48. The summed E-state index contributed by atoms with van der Waals surface area (Å²) in [6, 6.07) is 7.62. The Morgan fingerprint density at radius 3 is 2.63 bits per heavy atom. The molecule has 0 bridgehead atoms. The van der Waals surface area contributed by atoms with Crippen molar-refractivity contribution in [3.05, 3.63) is 65.2 Å². The van der Waals surface area contributed by atoms with Crippen LogP contribution in [0.25, 0.3) is 11.1 Å². The summed E-state index contributed by atoms with van der Waals surface area (Å²) in [5, 5.41) is 23.9. The quantitative estimate of drug-likeness (QED) is 0.464. The minimum atomic E-state index is -0.988. The molecule has 0 radical (unpaired) electrons. The second-order valence-electron chi connectivity index (χ2n) is 7.01. The van der Waals surface area contributed by atoms with Gasteiger partial charge in [0.05, 0.1) is 24.6 Å². The second kappa shape index (κ2) is 8.69. The lowest BCUT2D eigenvalue weighted by molar-refractivity contribution is -0.142. The predicted octanol–water partition coefficient (Wildman–Crippen LogP) is 2.62. The zero-order valence-corrected chi connectivity index (χ0v) is 16.9. The van der Waals surface area contributed by atoms with Crippen molar-refractivity contribution in [3.8, 4) is 22.6 Å². The minimum absolute atomic E-state index is 0.0252. The number of aromatic nitrogens is 2. The summed E-state index contributed by atoms with van der Waals surface area (Å²) in [6.07, 6.45) is 3.15. The Morgan fingerprint density at radius 1 is 1.23 bits per heavy atom. The van der Waals surface area contributed by atoms with Gasteiger partial charge in [-0.3, -0.25) is 4.79 Å². The van der Waals surface area contributed by atoms with Crippen molar-refractivity contribution in [1.82, 2.24) is 15.3 Å². The number of H-pyrrole nitrogens is 1. The zero-order valence-electron chi connectivity index (χ0n) is 16.9. The van der Waals surface area contributed by atoms with Crippen LogP contribution in [0.1, 0.15) is 27.2 Å². The Bertz CT molecular complexity index is 1080. The number of phenolic OH excluding ortho intramolecular Hbond substituents is 2. The van der Waals surface area contributed by atoms with Crippen molar-refractivity contribution in [3.63, 3.8) is 0 Å². The smallest absolute Gasteiger partial charge is 0.328 e. The van der Waals surface area contributed by atoms with Gasteiger partial charge in [0, 0.05) is 18.3 Å². The highest BCUT2D eigenvalue weighted by molar-refractivity contribution is 6.03. The van der Waals surface area contributed by atoms with Crippen LogP contribution in [0, 0.1) is 13.8 Å². The number of methoxy groups -OCH3 is 1. The molecule has 2 aromatic carbocycles. The zero-order chi connectivity index (χ0) is 21.8. The van der Waals surface area contributed by atoms with Crippen molar-refractivity contribution >= 4 is 11.9 Å². The summed E-state index contributed by atoms with van der Waals surface area (Å²) in [7, 11) is 1.23. The lowest BCUT2D eigenvalue weighted by Crippen LogP contribution is -2.43. The van der Waals surface area contributed by atoms with Crippen LogP contribution in [0.15, 0.2) is 42.9 Å². The number of phenols is 2. The van der Waals surface area contributed by atoms with E-state index < -0.39 is 17.9 Å². The maximum absolute atomic E-state index is 13.0. The van der Waals surface area contributed by atoms with E-state index in [0.717, 1.165) is 5.56 Å². The average molecular weight is 409 g/mol. The summed E-state index contributed by atoms with van der Waals surface area (Å²) in [4.78, 5) is 32.0. The van der Waals surface area contributed by atoms with Crippen LogP contribution in [0.4, 0.5) is 0 Å². The first-order valence-electron chi connectivity index (χ1n) is 9.30. The number of rotatable bonds is 6. The normalized spacial score (nSPS) is 11.7. The molecular weight excluding hydrogens is 386 g/mol. The van der Waals surface area contributed by atoms with E-state index in [0.29, 0.717) is 16.8 Å². The standard InChI is InChI=1S/C22H23N3O5/c1-12-5-4-6-14(7-12)19-17(26)8-13(2)18(20(19)27)21(28)25-16(22(29)30-3)9-15-10-23-11-24-15/h4-8,10-11,16,26-27H,9H2,1-3H3,(H,23,24)(H,25,28). The molecule has 3 aromatic rings. The number of carbonyl (C=O) groups excluding carboxylic acids is 2. The van der Waals surface area contributed by atoms with E-state index in [1.165, 1.54) is 19.5 Å². The molecule has 1 heterocycles. The predicted molar refractivity (Wildman–Crippen MR) is 110 cm³/mol. The van der Waals surface area contributed by atoms with E-state index >= 15 is 0 Å². The van der Waals surface area contributed by atoms with Crippen LogP contribution < -0.4 is 5.32 Å². The molecule has 0 aliphatic heterocycles. The number of hydrogen-bond donors (Lipinski definition) is 4. The minimum Gasteiger partial charge on any atom is -0.507 e. The number of imidazole rings is 1. The molecule has 0 aliphatic carbocycles. The molecule has 0 aliphatic rings. The van der Waals surface area contributed by atoms with Crippen LogP contribution in [0.5, 0.6) is 11.5 Å². The summed E-state index contributed by atoms with van der Waals surface area (Å²) in [5.74, 6) is -1.79. The van der Waals surface area contributed by atoms with Crippen LogP contribution in [0.2, 0.25) is 0 Å². The van der Waals surface area contributed by atoms with Crippen molar-refractivity contribution < 1.29 is 24.5 Å². The molecule has 0 fully saturated rings. The fourth-order valence-corrected chi connectivity index (χ4v) is 3.34. The molecule has 0 saturated heterocycles. The first-order chi connectivity index (χ1) is 14.3. The molecule has 0 saturated carbocycles. The molecule has 1 atom stereocenters. The number of nitrogens with zero attached hydrogens (tertiary/aromatic N) is 1. The third-order valence-electron chi connectivity index (χ3n) is 4.78. The van der Waals surface area contributed by atoms with Gasteiger partial charge in [0.2, 0.25) is 0 Å². The van der Waals surface area contributed by atoms with Crippen LogP contribution >= 0.6 is 0 Å². The van der Waals surface area contributed by atoms with Crippen LogP contribution in [0.3, 0.4) is 0 Å². The number of aromatic amines is 1. The Hall–Kier alpha value is -3.81. The van der Waals surface area contributed by atoms with Crippen molar-refractivity contribution in [2.75, 3.05) is 7.11 Å². The van der Waals surface area contributed by atoms with E-state index in [1.807, 2.05) is 13.0 Å². The van der Waals surface area contributed by atoms with Crippen molar-refractivity contribution in [2.24, 2.45) is 0 Å². The first kappa shape index (κ1) is 20.9. The Morgan fingerprint density at radius 2 is 2.00 bits per heavy atom. The molecular formula is C22H23N3O5. The number of aromatic hydroxyl groups is 2. The highest BCUT2D eigenvalue weighted by atomic mass is 16.5. The molecule has 4 N–H and O–H groups in total. The van der Waals surface area contributed by atoms with Gasteiger partial charge < -0.3 is 25.3 Å². The van der Waals surface area contributed by atoms with Gasteiger partial charge in [0.1, 0.15) is 17.5 Å². The Balaban J connectivity index is 1.98. The lowest BCUT2D eigenvalue weighted by Gasteiger charge is -2.19. The average Bonchev–Trinajstić information content (AvgIpc) is 3.19. The fourth-order valence-electron chi connectivity index (χ4n) is 3.34. The maximum atomic E-state index is 13.0. The topological polar surface area (TPSA) is 125 Å². The Labute approximate surface area is 173 Å². The molecule has 1 amide bonds. The number of hydrogen-bond acceptors (Lipinski definition) is 6. The summed E-state index contributed by atoms with van der Waals surface area (Å²) < 4.78 is 4.79. The van der Waals surface area contributed by atoms with E-state index in [9.17, 15) is 19.8 Å². The first-order valence-corrected chi connectivity index (χ1v) is 9.30. The van der Waals surface area contributed by atoms with Gasteiger partial charge in [-0.05, 0) is 31.0 Å². The summed E-state index contributed by atoms with van der Waals surface area (Å²) in [5.41, 5.74) is 2.63. The van der Waals surface area contributed by atoms with Gasteiger partial charge >= 0.3 is 5.97 Å². The SMILES string of the molecule is COC(=O)C(Cc1cnc[nH]1)NC(=O)c1c(C)cc(O)c(-c2cccc(C)c2)c1O. The largest absolute Gasteiger partial charge is 0.507 e. The van der Waals surface area contributed by atoms with Gasteiger partial charge in [0.25, 0.3) is 5.91 Å². The van der Waals surface area contributed by atoms with Gasteiger partial charge in [-0.2, -0.15) is 0 Å². The Kier molecular flexibility index (Phi) is 6.06. The van der Waals surface area contributed by atoms with Crippen LogP contribution in [-0.2, 0) is 16.0 Å². The monoisotopic (exact) mass is 409 g/mol. The number of aryl methyl sites for hydroxylation is 2. The second-order valence-corrected chi connectivity index (χ2v) is 7.01. The van der Waals surface area contributed by atoms with Crippen LogP contribution in [-0.4, -0.2) is 45.2 Å².